The zero-order valence-corrected chi connectivity index (χ0v) is 15.0. The topological polar surface area (TPSA) is 60.3 Å². The molecule has 124 valence electrons. The Labute approximate surface area is 140 Å². The lowest BCUT2D eigenvalue weighted by Gasteiger charge is -2.35. The number of carbonyl (C=O) groups excluding carboxylic acids is 1. The minimum absolute atomic E-state index is 0.0454. The minimum atomic E-state index is -0.0910. The average Bonchev–Trinajstić information content (AvgIpc) is 2.97. The molecule has 1 atom stereocenters. The number of morpholine rings is 1. The van der Waals surface area contributed by atoms with Crippen molar-refractivity contribution in [2.45, 2.75) is 33.7 Å². The highest BCUT2D eigenvalue weighted by molar-refractivity contribution is 7.13. The molecule has 0 radical (unpaired) electrons. The number of hydrogen-bond acceptors (Lipinski definition) is 5. The van der Waals surface area contributed by atoms with E-state index in [1.165, 1.54) is 11.3 Å². The Kier molecular flexibility index (Phi) is 4.25. The minimum Gasteiger partial charge on any atom is -0.377 e. The molecule has 7 heteroatoms. The molecule has 0 spiro atoms. The molecule has 2 aromatic heterocycles. The van der Waals surface area contributed by atoms with E-state index in [0.717, 1.165) is 32.5 Å². The number of thiazole rings is 1. The first-order valence-electron chi connectivity index (χ1n) is 7.73. The smallest absolute Gasteiger partial charge is 0.266 e. The van der Waals surface area contributed by atoms with Gasteiger partial charge in [0.15, 0.2) is 0 Å². The van der Waals surface area contributed by atoms with Gasteiger partial charge in [-0.25, -0.2) is 4.98 Å². The van der Waals surface area contributed by atoms with Gasteiger partial charge in [0.05, 0.1) is 35.7 Å². The molecule has 1 aliphatic heterocycles. The van der Waals surface area contributed by atoms with Crippen molar-refractivity contribution < 1.29 is 9.53 Å². The summed E-state index contributed by atoms with van der Waals surface area (Å²) in [5.74, 6) is 0.0454. The molecule has 3 heterocycles. The Morgan fingerprint density at radius 2 is 2.00 bits per heavy atom. The van der Waals surface area contributed by atoms with E-state index in [1.54, 1.807) is 0 Å². The van der Waals surface area contributed by atoms with Gasteiger partial charge in [-0.05, 0) is 27.7 Å². The Balaban J connectivity index is 1.99. The van der Waals surface area contributed by atoms with E-state index in [1.807, 2.05) is 44.3 Å². The molecule has 1 amide bonds. The Hall–Kier alpha value is -1.73. The van der Waals surface area contributed by atoms with Gasteiger partial charge in [-0.15, -0.1) is 11.3 Å². The third-order valence-electron chi connectivity index (χ3n) is 4.39. The molecule has 0 N–H and O–H groups in total. The van der Waals surface area contributed by atoms with Crippen LogP contribution in [0, 0.1) is 27.7 Å². The van der Waals surface area contributed by atoms with E-state index in [0.29, 0.717) is 19.8 Å². The summed E-state index contributed by atoms with van der Waals surface area (Å²) in [7, 11) is 1.93. The molecule has 0 aliphatic carbocycles. The first kappa shape index (κ1) is 16.1. The molecular weight excluding hydrogens is 312 g/mol. The molecular formula is C16H22N4O2S. The monoisotopic (exact) mass is 334 g/mol. The van der Waals surface area contributed by atoms with Gasteiger partial charge in [0.1, 0.15) is 4.88 Å². The molecule has 6 nitrogen and oxygen atoms in total. The highest BCUT2D eigenvalue weighted by Crippen LogP contribution is 2.31. The van der Waals surface area contributed by atoms with Gasteiger partial charge < -0.3 is 9.64 Å². The van der Waals surface area contributed by atoms with E-state index < -0.39 is 0 Å². The molecule has 1 fully saturated rings. The fourth-order valence-corrected chi connectivity index (χ4v) is 4.09. The average molecular weight is 334 g/mol. The lowest BCUT2D eigenvalue weighted by atomic mass is 10.0. The number of amides is 1. The normalized spacial score (nSPS) is 18.5. The highest BCUT2D eigenvalue weighted by atomic mass is 32.1. The number of hydrogen-bond donors (Lipinski definition) is 0. The second kappa shape index (κ2) is 6.05. The van der Waals surface area contributed by atoms with Gasteiger partial charge in [-0.3, -0.25) is 9.48 Å². The number of ether oxygens (including phenoxy) is 1. The van der Waals surface area contributed by atoms with Crippen molar-refractivity contribution in [3.05, 3.63) is 32.5 Å². The Morgan fingerprint density at radius 1 is 1.26 bits per heavy atom. The third kappa shape index (κ3) is 2.79. The number of aryl methyl sites for hydroxylation is 4. The highest BCUT2D eigenvalue weighted by Gasteiger charge is 2.34. The van der Waals surface area contributed by atoms with Crippen LogP contribution in [0.2, 0.25) is 0 Å². The summed E-state index contributed by atoms with van der Waals surface area (Å²) in [6.07, 6.45) is 0. The fourth-order valence-electron chi connectivity index (χ4n) is 3.22. The maximum absolute atomic E-state index is 13.1. The van der Waals surface area contributed by atoms with Crippen LogP contribution < -0.4 is 0 Å². The summed E-state index contributed by atoms with van der Waals surface area (Å²) in [5, 5.41) is 5.41. The van der Waals surface area contributed by atoms with Crippen LogP contribution in [-0.2, 0) is 11.8 Å². The predicted molar refractivity (Wildman–Crippen MR) is 88.9 cm³/mol. The molecule has 0 aromatic carbocycles. The maximum Gasteiger partial charge on any atom is 0.266 e. The number of rotatable bonds is 2. The van der Waals surface area contributed by atoms with Crippen LogP contribution in [0.5, 0.6) is 0 Å². The zero-order valence-electron chi connectivity index (χ0n) is 14.2. The number of nitrogens with zero attached hydrogens (tertiary/aromatic N) is 4. The molecule has 1 saturated heterocycles. The molecule has 3 rings (SSSR count). The summed E-state index contributed by atoms with van der Waals surface area (Å²) in [6.45, 7) is 9.52. The number of carbonyl (C=O) groups is 1. The van der Waals surface area contributed by atoms with Gasteiger partial charge in [-0.1, -0.05) is 0 Å². The van der Waals surface area contributed by atoms with Crippen molar-refractivity contribution in [3.8, 4) is 0 Å². The summed E-state index contributed by atoms with van der Waals surface area (Å²) in [5.41, 5.74) is 3.94. The fraction of sp³-hybridized carbons (Fsp3) is 0.562. The van der Waals surface area contributed by atoms with Gasteiger partial charge in [-0.2, -0.15) is 5.10 Å². The van der Waals surface area contributed by atoms with Crippen LogP contribution in [0.25, 0.3) is 0 Å². The van der Waals surface area contributed by atoms with Gasteiger partial charge in [0, 0.05) is 24.8 Å². The van der Waals surface area contributed by atoms with Crippen LogP contribution in [0.15, 0.2) is 0 Å². The Bertz CT molecular complexity index is 750. The first-order chi connectivity index (χ1) is 10.9. The number of aromatic nitrogens is 3. The van der Waals surface area contributed by atoms with Crippen LogP contribution >= 0.6 is 11.3 Å². The molecule has 0 bridgehead atoms. The maximum atomic E-state index is 13.1. The van der Waals surface area contributed by atoms with Crippen molar-refractivity contribution in [3.63, 3.8) is 0 Å². The SMILES string of the molecule is Cc1nc(C)c(C(=O)N2CCOC[C@@H]2c2c(C)nn(C)c2C)s1. The van der Waals surface area contributed by atoms with E-state index in [2.05, 4.69) is 10.1 Å². The quantitative estimate of drug-likeness (QED) is 0.846. The summed E-state index contributed by atoms with van der Waals surface area (Å²) >= 11 is 1.46. The van der Waals surface area contributed by atoms with E-state index in [4.69, 9.17) is 4.74 Å². The van der Waals surface area contributed by atoms with Crippen molar-refractivity contribution in [1.82, 2.24) is 19.7 Å². The van der Waals surface area contributed by atoms with E-state index >= 15 is 0 Å². The first-order valence-corrected chi connectivity index (χ1v) is 8.54. The van der Waals surface area contributed by atoms with Crippen LogP contribution in [0.3, 0.4) is 0 Å². The van der Waals surface area contributed by atoms with Gasteiger partial charge >= 0.3 is 0 Å². The molecule has 2 aromatic rings. The predicted octanol–water partition coefficient (Wildman–Crippen LogP) is 2.32. The van der Waals surface area contributed by atoms with Crippen LogP contribution in [0.4, 0.5) is 0 Å². The summed E-state index contributed by atoms with van der Waals surface area (Å²) in [6, 6.07) is -0.0910. The largest absolute Gasteiger partial charge is 0.377 e. The van der Waals surface area contributed by atoms with Crippen molar-refractivity contribution >= 4 is 17.2 Å². The van der Waals surface area contributed by atoms with E-state index in [-0.39, 0.29) is 11.9 Å². The molecule has 1 aliphatic rings. The summed E-state index contributed by atoms with van der Waals surface area (Å²) < 4.78 is 7.53. The van der Waals surface area contributed by atoms with Crippen molar-refractivity contribution in [1.29, 1.82) is 0 Å². The molecule has 23 heavy (non-hydrogen) atoms. The standard InChI is InChI=1S/C16H22N4O2S/c1-9-14(11(3)19(5)18-9)13-8-22-7-6-20(13)16(21)15-10(2)17-12(4)23-15/h13H,6-8H2,1-5H3/t13-/m1/s1. The van der Waals surface area contributed by atoms with Crippen LogP contribution in [-0.4, -0.2) is 45.3 Å². The van der Waals surface area contributed by atoms with Crippen molar-refractivity contribution in [2.75, 3.05) is 19.8 Å². The van der Waals surface area contributed by atoms with E-state index in [9.17, 15) is 4.79 Å². The van der Waals surface area contributed by atoms with Crippen LogP contribution in [0.1, 0.15) is 43.4 Å². The lowest BCUT2D eigenvalue weighted by molar-refractivity contribution is -0.00283. The molecule has 0 saturated carbocycles. The second-order valence-electron chi connectivity index (χ2n) is 5.94. The lowest BCUT2D eigenvalue weighted by Crippen LogP contribution is -2.43. The molecule has 0 unspecified atom stereocenters. The third-order valence-corrected chi connectivity index (χ3v) is 5.45. The Morgan fingerprint density at radius 3 is 2.57 bits per heavy atom. The van der Waals surface area contributed by atoms with Gasteiger partial charge in [0.2, 0.25) is 0 Å². The summed E-state index contributed by atoms with van der Waals surface area (Å²) in [4.78, 5) is 20.1. The zero-order chi connectivity index (χ0) is 16.7. The van der Waals surface area contributed by atoms with Crippen molar-refractivity contribution in [2.24, 2.45) is 7.05 Å². The van der Waals surface area contributed by atoms with Gasteiger partial charge in [0.25, 0.3) is 5.91 Å². The second-order valence-corrected chi connectivity index (χ2v) is 7.15.